The highest BCUT2D eigenvalue weighted by atomic mass is 15.0. The van der Waals surface area contributed by atoms with E-state index in [1.54, 1.807) is 0 Å². The molecule has 0 aliphatic rings. The molecule has 8 heteroatoms. The fourth-order valence-electron chi connectivity index (χ4n) is 19.7. The molecule has 14 aromatic carbocycles. The van der Waals surface area contributed by atoms with Crippen molar-refractivity contribution in [3.05, 3.63) is 243 Å². The van der Waals surface area contributed by atoms with Crippen LogP contribution in [-0.4, -0.2) is 35.9 Å². The molecule has 26 aromatic rings. The van der Waals surface area contributed by atoms with Crippen molar-refractivity contribution in [1.29, 1.82) is 0 Å². The second kappa shape index (κ2) is 16.3. The SMILES string of the molecule is Cn1c2ccccc2c2cc3c4cccc5c6cc7c(cc6n(c3cc21)c54)c1cccc2c3cc4c5ccccc5n(C)c4cc3n7c12.Cn1c2ccccc2c2ccc3c(c4cccc5c6cc7c(cc6n3c54)c3cccc4c5c6c(ccc5n7c34)c3ccccc3n6C)c21. The fourth-order valence-corrected chi connectivity index (χ4v) is 19.7. The van der Waals surface area contributed by atoms with Gasteiger partial charge in [-0.2, -0.15) is 0 Å². The molecule has 0 spiro atoms. The average Bonchev–Trinajstić information content (AvgIpc) is 1.52. The summed E-state index contributed by atoms with van der Waals surface area (Å²) in [5.41, 5.74) is 25.7. The summed E-state index contributed by atoms with van der Waals surface area (Å²) in [5.74, 6) is 0. The number of rotatable bonds is 0. The lowest BCUT2D eigenvalue weighted by Gasteiger charge is -2.04. The maximum Gasteiger partial charge on any atom is 0.0621 e. The van der Waals surface area contributed by atoms with Crippen LogP contribution in [-0.2, 0) is 28.2 Å². The molecule has 0 N–H and O–H groups in total. The minimum atomic E-state index is 1.27. The van der Waals surface area contributed by atoms with E-state index in [9.17, 15) is 0 Å². The molecule has 12 aromatic heterocycles. The number of aromatic nitrogens is 8. The lowest BCUT2D eigenvalue weighted by Crippen LogP contribution is -1.88. The van der Waals surface area contributed by atoms with Gasteiger partial charge in [0.15, 0.2) is 0 Å². The van der Waals surface area contributed by atoms with Gasteiger partial charge in [0.25, 0.3) is 0 Å². The highest BCUT2D eigenvalue weighted by Gasteiger charge is 2.28. The molecule has 0 aliphatic carbocycles. The Morgan fingerprint density at radius 1 is 0.146 bits per heavy atom. The van der Waals surface area contributed by atoms with Gasteiger partial charge in [-0.15, -0.1) is 0 Å². The number of para-hydroxylation sites is 8. The topological polar surface area (TPSA) is 37.4 Å². The molecule has 0 fully saturated rings. The van der Waals surface area contributed by atoms with Crippen molar-refractivity contribution in [3.63, 3.8) is 0 Å². The van der Waals surface area contributed by atoms with Crippen LogP contribution in [0, 0.1) is 0 Å². The molecule has 0 aliphatic heterocycles. The summed E-state index contributed by atoms with van der Waals surface area (Å²) in [7, 11) is 8.82. The zero-order valence-corrected chi connectivity index (χ0v) is 52.7. The first-order chi connectivity index (χ1) is 47.3. The molecular weight excluding hydrogens is 1170 g/mol. The normalized spacial score (nSPS) is 13.2. The van der Waals surface area contributed by atoms with Crippen molar-refractivity contribution in [2.75, 3.05) is 0 Å². The van der Waals surface area contributed by atoms with Crippen LogP contribution >= 0.6 is 0 Å². The molecule has 444 valence electrons. The van der Waals surface area contributed by atoms with Crippen LogP contribution in [0.25, 0.3) is 240 Å². The van der Waals surface area contributed by atoms with E-state index >= 15 is 0 Å². The van der Waals surface area contributed by atoms with Crippen molar-refractivity contribution in [2.24, 2.45) is 28.2 Å². The standard InChI is InChI=1S/2C44H26N4/c1-45-35-15-5-3-9-23(35)29-17-31-25-11-7-13-27-33-20-40-34(19-39(33)47(43(25)27)41(31)21-37(29)45)28-14-8-12-26-32-18-30-24-10-4-6-16-36(24)46(2)38(30)22-42(32)48(40)44(26)28;1-45-33-15-5-3-9-23(33)27-17-19-35-39(43(27)45)29-13-7-11-25-31-22-38-32(21-37(31)47(35)41(25)29)26-12-8-14-30-40-36(48(38)42(26)30)20-18-28-24-10-4-6-16-34(24)46(2)44(28)40/h2*3-22H,1-2H3. The molecule has 0 saturated carbocycles. The molecule has 0 bridgehead atoms. The average molecular weight is 1220 g/mol. The molecule has 0 radical (unpaired) electrons. The summed E-state index contributed by atoms with van der Waals surface area (Å²) in [6, 6.07) is 91.6. The van der Waals surface area contributed by atoms with E-state index in [1.807, 2.05) is 0 Å². The minimum Gasteiger partial charge on any atom is -0.344 e. The van der Waals surface area contributed by atoms with Gasteiger partial charge in [0, 0.05) is 180 Å². The van der Waals surface area contributed by atoms with E-state index in [1.165, 1.54) is 240 Å². The van der Waals surface area contributed by atoms with Crippen LogP contribution in [0.2, 0.25) is 0 Å². The molecular formula is C88H52N8. The third kappa shape index (κ3) is 5.37. The number of nitrogens with zero attached hydrogens (tertiary/aromatic N) is 8. The van der Waals surface area contributed by atoms with Crippen LogP contribution in [0.5, 0.6) is 0 Å². The largest absolute Gasteiger partial charge is 0.344 e. The molecule has 0 unspecified atom stereocenters. The van der Waals surface area contributed by atoms with Crippen molar-refractivity contribution in [1.82, 2.24) is 35.9 Å². The zero-order chi connectivity index (χ0) is 62.3. The second-order valence-corrected chi connectivity index (χ2v) is 27.7. The van der Waals surface area contributed by atoms with Crippen LogP contribution in [0.1, 0.15) is 0 Å². The lowest BCUT2D eigenvalue weighted by molar-refractivity contribution is 1.01. The molecule has 12 heterocycles. The first-order valence-electron chi connectivity index (χ1n) is 33.5. The molecule has 0 amide bonds. The van der Waals surface area contributed by atoms with E-state index in [0.29, 0.717) is 0 Å². The second-order valence-electron chi connectivity index (χ2n) is 27.7. The molecule has 0 saturated heterocycles. The number of fused-ring (bicyclic) bond motifs is 38. The summed E-state index contributed by atoms with van der Waals surface area (Å²) in [6.45, 7) is 0. The summed E-state index contributed by atoms with van der Waals surface area (Å²) < 4.78 is 19.6. The van der Waals surface area contributed by atoms with Gasteiger partial charge >= 0.3 is 0 Å². The number of hydrogen-bond acceptors (Lipinski definition) is 0. The predicted molar refractivity (Wildman–Crippen MR) is 407 cm³/mol. The van der Waals surface area contributed by atoms with Crippen molar-refractivity contribution in [3.8, 4) is 0 Å². The quantitative estimate of drug-likeness (QED) is 0.145. The predicted octanol–water partition coefficient (Wildman–Crippen LogP) is 22.6. The summed E-state index contributed by atoms with van der Waals surface area (Å²) in [4.78, 5) is 0. The summed E-state index contributed by atoms with van der Waals surface area (Å²) in [5, 5.41) is 31.6. The van der Waals surface area contributed by atoms with Crippen LogP contribution in [0.3, 0.4) is 0 Å². The zero-order valence-electron chi connectivity index (χ0n) is 52.7. The van der Waals surface area contributed by atoms with Gasteiger partial charge in [-0.3, -0.25) is 0 Å². The van der Waals surface area contributed by atoms with E-state index < -0.39 is 0 Å². The summed E-state index contributed by atoms with van der Waals surface area (Å²) >= 11 is 0. The maximum atomic E-state index is 2.54. The first kappa shape index (κ1) is 49.2. The van der Waals surface area contributed by atoms with Gasteiger partial charge < -0.3 is 35.9 Å². The number of aryl methyl sites for hydroxylation is 4. The van der Waals surface area contributed by atoms with Gasteiger partial charge in [0.1, 0.15) is 0 Å². The Balaban J connectivity index is 0.000000115. The molecule has 26 rings (SSSR count). The van der Waals surface area contributed by atoms with E-state index in [0.717, 1.165) is 0 Å². The molecule has 8 nitrogen and oxygen atoms in total. The smallest absolute Gasteiger partial charge is 0.0621 e. The number of hydrogen-bond donors (Lipinski definition) is 0. The monoisotopic (exact) mass is 1220 g/mol. The number of benzene rings is 14. The Kier molecular flexibility index (Phi) is 8.33. The first-order valence-corrected chi connectivity index (χ1v) is 33.5. The van der Waals surface area contributed by atoms with E-state index in [-0.39, 0.29) is 0 Å². The molecule has 96 heavy (non-hydrogen) atoms. The fraction of sp³-hybridized carbons (Fsp3) is 0.0455. The van der Waals surface area contributed by atoms with Gasteiger partial charge in [-0.25, -0.2) is 0 Å². The van der Waals surface area contributed by atoms with Crippen LogP contribution < -0.4 is 0 Å². The third-order valence-corrected chi connectivity index (χ3v) is 23.6. The molecule has 0 atom stereocenters. The third-order valence-electron chi connectivity index (χ3n) is 23.6. The van der Waals surface area contributed by atoms with E-state index in [2.05, 4.69) is 307 Å². The van der Waals surface area contributed by atoms with Gasteiger partial charge in [-0.05, 0) is 84.9 Å². The maximum absolute atomic E-state index is 2.54. The van der Waals surface area contributed by atoms with Gasteiger partial charge in [-0.1, -0.05) is 158 Å². The van der Waals surface area contributed by atoms with Crippen molar-refractivity contribution < 1.29 is 0 Å². The van der Waals surface area contributed by atoms with Gasteiger partial charge in [0.05, 0.1) is 88.3 Å². The van der Waals surface area contributed by atoms with Crippen molar-refractivity contribution >= 4 is 240 Å². The Hall–Kier alpha value is -12.5. The lowest BCUT2D eigenvalue weighted by atomic mass is 10.0. The van der Waals surface area contributed by atoms with Crippen molar-refractivity contribution in [2.45, 2.75) is 0 Å². The van der Waals surface area contributed by atoms with E-state index in [4.69, 9.17) is 0 Å². The summed E-state index contributed by atoms with van der Waals surface area (Å²) in [6.07, 6.45) is 0. The Morgan fingerprint density at radius 3 is 0.740 bits per heavy atom. The Morgan fingerprint density at radius 2 is 0.385 bits per heavy atom. The van der Waals surface area contributed by atoms with Crippen LogP contribution in [0.4, 0.5) is 0 Å². The van der Waals surface area contributed by atoms with Gasteiger partial charge in [0.2, 0.25) is 0 Å². The Labute approximate surface area is 543 Å². The minimum absolute atomic E-state index is 1.27. The highest BCUT2D eigenvalue weighted by molar-refractivity contribution is 6.36. The Bertz CT molecular complexity index is 7560. The highest BCUT2D eigenvalue weighted by Crippen LogP contribution is 2.51. The van der Waals surface area contributed by atoms with Crippen LogP contribution in [0.15, 0.2) is 243 Å².